The van der Waals surface area contributed by atoms with E-state index in [-0.39, 0.29) is 30.9 Å². The van der Waals surface area contributed by atoms with Crippen LogP contribution >= 0.6 is 0 Å². The van der Waals surface area contributed by atoms with Crippen molar-refractivity contribution in [2.24, 2.45) is 0 Å². The number of carboxylic acids is 1. The summed E-state index contributed by atoms with van der Waals surface area (Å²) < 4.78 is 5.63. The molecule has 2 aromatic rings. The molecule has 0 aliphatic heterocycles. The second-order valence-corrected chi connectivity index (χ2v) is 9.61. The lowest BCUT2D eigenvalue weighted by atomic mass is 9.95. The highest BCUT2D eigenvalue weighted by Gasteiger charge is 2.46. The van der Waals surface area contributed by atoms with E-state index >= 15 is 0 Å². The Labute approximate surface area is 206 Å². The third-order valence-corrected chi connectivity index (χ3v) is 7.71. The van der Waals surface area contributed by atoms with Crippen molar-refractivity contribution in [1.82, 2.24) is 10.2 Å². The molecule has 1 atom stereocenters. The van der Waals surface area contributed by atoms with Gasteiger partial charge in [0, 0.05) is 25.4 Å². The number of ether oxygens (including phenoxy) is 1. The van der Waals surface area contributed by atoms with Crippen LogP contribution in [0.15, 0.2) is 48.5 Å². The Kier molecular flexibility index (Phi) is 7.43. The van der Waals surface area contributed by atoms with Crippen LogP contribution in [0.25, 0.3) is 11.1 Å². The summed E-state index contributed by atoms with van der Waals surface area (Å²) in [4.78, 5) is 38.7. The summed E-state index contributed by atoms with van der Waals surface area (Å²) in [6.45, 7) is 2.18. The highest BCUT2D eigenvalue weighted by molar-refractivity contribution is 5.87. The van der Waals surface area contributed by atoms with E-state index in [4.69, 9.17) is 4.74 Å². The van der Waals surface area contributed by atoms with Gasteiger partial charge in [0.05, 0.1) is 0 Å². The Hall–Kier alpha value is -3.35. The van der Waals surface area contributed by atoms with E-state index in [1.165, 1.54) is 16.0 Å². The van der Waals surface area contributed by atoms with Crippen LogP contribution in [-0.4, -0.2) is 53.2 Å². The van der Waals surface area contributed by atoms with Gasteiger partial charge in [-0.15, -0.1) is 0 Å². The van der Waals surface area contributed by atoms with Crippen molar-refractivity contribution in [2.75, 3.05) is 13.7 Å². The number of rotatable bonds is 9. The SMILES string of the molecule is CCC(CCC(=O)N(C)C1(C(=O)O)CCCC1)NC(=O)OCC1c2ccccc2-c2ccccc21. The number of carboxylic acid groups (broad SMARTS) is 1. The van der Waals surface area contributed by atoms with Crippen molar-refractivity contribution in [3.63, 3.8) is 0 Å². The molecular weight excluding hydrogens is 444 g/mol. The van der Waals surface area contributed by atoms with E-state index in [0.29, 0.717) is 25.7 Å². The van der Waals surface area contributed by atoms with Crippen LogP contribution in [0.3, 0.4) is 0 Å². The highest BCUT2D eigenvalue weighted by atomic mass is 16.5. The minimum atomic E-state index is -1.10. The van der Waals surface area contributed by atoms with Gasteiger partial charge in [-0.3, -0.25) is 4.79 Å². The number of carbonyl (C=O) groups excluding carboxylic acids is 2. The number of nitrogens with one attached hydrogen (secondary N) is 1. The zero-order valence-corrected chi connectivity index (χ0v) is 20.5. The van der Waals surface area contributed by atoms with E-state index in [9.17, 15) is 19.5 Å². The fraction of sp³-hybridized carbons (Fsp3) is 0.464. The molecule has 0 aromatic heterocycles. The zero-order valence-electron chi connectivity index (χ0n) is 20.5. The van der Waals surface area contributed by atoms with Crippen molar-refractivity contribution >= 4 is 18.0 Å². The number of benzene rings is 2. The lowest BCUT2D eigenvalue weighted by Gasteiger charge is -2.35. The predicted octanol–water partition coefficient (Wildman–Crippen LogP) is 4.94. The molecule has 186 valence electrons. The monoisotopic (exact) mass is 478 g/mol. The molecule has 2 aliphatic carbocycles. The summed E-state index contributed by atoms with van der Waals surface area (Å²) in [5.41, 5.74) is 3.56. The molecule has 0 radical (unpaired) electrons. The molecule has 7 heteroatoms. The normalized spacial score (nSPS) is 16.7. The van der Waals surface area contributed by atoms with Crippen molar-refractivity contribution < 1.29 is 24.2 Å². The number of aliphatic carboxylic acids is 1. The molecule has 0 heterocycles. The zero-order chi connectivity index (χ0) is 25.0. The molecule has 2 aliphatic rings. The van der Waals surface area contributed by atoms with Gasteiger partial charge in [0.15, 0.2) is 0 Å². The number of carbonyl (C=O) groups is 3. The van der Waals surface area contributed by atoms with E-state index in [1.54, 1.807) is 7.05 Å². The first-order valence-corrected chi connectivity index (χ1v) is 12.5. The lowest BCUT2D eigenvalue weighted by molar-refractivity contribution is -0.157. The first-order valence-electron chi connectivity index (χ1n) is 12.5. The summed E-state index contributed by atoms with van der Waals surface area (Å²) >= 11 is 0. The molecule has 0 spiro atoms. The Morgan fingerprint density at radius 3 is 2.17 bits per heavy atom. The van der Waals surface area contributed by atoms with Gasteiger partial charge in [-0.2, -0.15) is 0 Å². The van der Waals surface area contributed by atoms with Gasteiger partial charge in [0.2, 0.25) is 5.91 Å². The first-order chi connectivity index (χ1) is 16.9. The molecule has 4 rings (SSSR count). The average molecular weight is 479 g/mol. The highest BCUT2D eigenvalue weighted by Crippen LogP contribution is 2.44. The Bertz CT molecular complexity index is 1050. The molecule has 1 saturated carbocycles. The van der Waals surface area contributed by atoms with Gasteiger partial charge in [-0.05, 0) is 47.9 Å². The number of hydrogen-bond donors (Lipinski definition) is 2. The van der Waals surface area contributed by atoms with E-state index < -0.39 is 17.6 Å². The fourth-order valence-corrected chi connectivity index (χ4v) is 5.54. The van der Waals surface area contributed by atoms with Gasteiger partial charge in [0.1, 0.15) is 12.1 Å². The maximum atomic E-state index is 12.8. The molecule has 1 fully saturated rings. The summed E-state index contributed by atoms with van der Waals surface area (Å²) in [7, 11) is 1.59. The third-order valence-electron chi connectivity index (χ3n) is 7.71. The number of alkyl carbamates (subject to hydrolysis) is 1. The largest absolute Gasteiger partial charge is 0.479 e. The second kappa shape index (κ2) is 10.5. The van der Waals surface area contributed by atoms with Crippen LogP contribution in [0.4, 0.5) is 4.79 Å². The molecule has 2 amide bonds. The maximum Gasteiger partial charge on any atom is 0.407 e. The molecule has 7 nitrogen and oxygen atoms in total. The van der Waals surface area contributed by atoms with Crippen LogP contribution < -0.4 is 5.32 Å². The Morgan fingerprint density at radius 2 is 1.63 bits per heavy atom. The van der Waals surface area contributed by atoms with Crippen molar-refractivity contribution in [3.05, 3.63) is 59.7 Å². The van der Waals surface area contributed by atoms with Gasteiger partial charge < -0.3 is 20.1 Å². The Morgan fingerprint density at radius 1 is 1.06 bits per heavy atom. The van der Waals surface area contributed by atoms with Crippen molar-refractivity contribution in [3.8, 4) is 11.1 Å². The molecule has 0 saturated heterocycles. The van der Waals surface area contributed by atoms with Crippen LogP contribution in [-0.2, 0) is 14.3 Å². The number of likely N-dealkylation sites (N-methyl/N-ethyl adjacent to an activating group) is 1. The molecular formula is C28H34N2O5. The van der Waals surface area contributed by atoms with Crippen LogP contribution in [0.1, 0.15) is 68.9 Å². The summed E-state index contributed by atoms with van der Waals surface area (Å²) in [6, 6.07) is 16.1. The Balaban J connectivity index is 1.31. The minimum absolute atomic E-state index is 0.0120. The molecule has 35 heavy (non-hydrogen) atoms. The average Bonchev–Trinajstić information content (AvgIpc) is 3.49. The van der Waals surface area contributed by atoms with Gasteiger partial charge in [-0.1, -0.05) is 68.3 Å². The van der Waals surface area contributed by atoms with Gasteiger partial charge >= 0.3 is 12.1 Å². The van der Waals surface area contributed by atoms with E-state index in [2.05, 4.69) is 29.6 Å². The molecule has 1 unspecified atom stereocenters. The van der Waals surface area contributed by atoms with E-state index in [1.807, 2.05) is 31.2 Å². The van der Waals surface area contributed by atoms with Crippen molar-refractivity contribution in [1.29, 1.82) is 0 Å². The number of nitrogens with zero attached hydrogens (tertiary/aromatic N) is 1. The smallest absolute Gasteiger partial charge is 0.407 e. The number of fused-ring (bicyclic) bond motifs is 3. The first kappa shape index (κ1) is 24.8. The third kappa shape index (κ3) is 4.90. The topological polar surface area (TPSA) is 95.9 Å². The molecule has 0 bridgehead atoms. The maximum absolute atomic E-state index is 12.8. The molecule has 2 aromatic carbocycles. The van der Waals surface area contributed by atoms with Crippen LogP contribution in [0.2, 0.25) is 0 Å². The van der Waals surface area contributed by atoms with Gasteiger partial charge in [-0.25, -0.2) is 9.59 Å². The van der Waals surface area contributed by atoms with Gasteiger partial charge in [0.25, 0.3) is 0 Å². The van der Waals surface area contributed by atoms with Crippen LogP contribution in [0, 0.1) is 0 Å². The summed E-state index contributed by atoms with van der Waals surface area (Å²) in [5.74, 6) is -1.15. The fourth-order valence-electron chi connectivity index (χ4n) is 5.54. The lowest BCUT2D eigenvalue weighted by Crippen LogP contribution is -2.53. The number of hydrogen-bond acceptors (Lipinski definition) is 4. The van der Waals surface area contributed by atoms with Crippen molar-refractivity contribution in [2.45, 2.75) is 69.4 Å². The standard InChI is InChI=1S/C28H34N2O5/c1-3-19(14-15-25(31)30(2)28(26(32)33)16-8-9-17-28)29-27(34)35-18-24-22-12-6-4-10-20(22)21-11-5-7-13-23(21)24/h4-7,10-13,19,24H,3,8-9,14-18H2,1-2H3,(H,29,34)(H,32,33). The summed E-state index contributed by atoms with van der Waals surface area (Å²) in [5, 5.41) is 12.6. The predicted molar refractivity (Wildman–Crippen MR) is 133 cm³/mol. The number of amides is 2. The molecule has 2 N–H and O–H groups in total. The quantitative estimate of drug-likeness (QED) is 0.532. The summed E-state index contributed by atoms with van der Waals surface area (Å²) in [6.07, 6.45) is 3.34. The van der Waals surface area contributed by atoms with Crippen LogP contribution in [0.5, 0.6) is 0 Å². The second-order valence-electron chi connectivity index (χ2n) is 9.61. The minimum Gasteiger partial charge on any atom is -0.479 e. The van der Waals surface area contributed by atoms with E-state index in [0.717, 1.165) is 24.0 Å².